The molecule has 1 unspecified atom stereocenters. The molecular formula is C11H14BrNO3. The van der Waals surface area contributed by atoms with Crippen molar-refractivity contribution in [3.8, 4) is 11.5 Å². The summed E-state index contributed by atoms with van der Waals surface area (Å²) in [5.74, 6) is 1.27. The van der Waals surface area contributed by atoms with Gasteiger partial charge in [-0.3, -0.25) is 0 Å². The Morgan fingerprint density at radius 1 is 1.38 bits per heavy atom. The van der Waals surface area contributed by atoms with Crippen LogP contribution in [0.4, 0.5) is 0 Å². The lowest BCUT2D eigenvalue weighted by molar-refractivity contribution is 0.179. The second-order valence-electron chi connectivity index (χ2n) is 3.59. The van der Waals surface area contributed by atoms with Crippen LogP contribution in [-0.4, -0.2) is 24.9 Å². The highest BCUT2D eigenvalue weighted by Gasteiger charge is 2.21. The van der Waals surface area contributed by atoms with Gasteiger partial charge in [-0.1, -0.05) is 15.9 Å². The van der Waals surface area contributed by atoms with E-state index in [9.17, 15) is 5.11 Å². The molecule has 0 bridgehead atoms. The Hall–Kier alpha value is -0.780. The highest BCUT2D eigenvalue weighted by Crippen LogP contribution is 2.40. The molecule has 5 heteroatoms. The second-order valence-corrected chi connectivity index (χ2v) is 4.44. The van der Waals surface area contributed by atoms with Crippen LogP contribution in [0.3, 0.4) is 0 Å². The third-order valence-electron chi connectivity index (χ3n) is 2.46. The van der Waals surface area contributed by atoms with Gasteiger partial charge in [0.05, 0.1) is 19.3 Å². The van der Waals surface area contributed by atoms with E-state index in [1.807, 2.05) is 12.1 Å². The summed E-state index contributed by atoms with van der Waals surface area (Å²) in [7, 11) is 0. The van der Waals surface area contributed by atoms with Crippen LogP contribution < -0.4 is 15.2 Å². The Morgan fingerprint density at radius 3 is 2.88 bits per heavy atom. The summed E-state index contributed by atoms with van der Waals surface area (Å²) in [4.78, 5) is 0. The maximum Gasteiger partial charge on any atom is 0.168 e. The van der Waals surface area contributed by atoms with Gasteiger partial charge in [-0.2, -0.15) is 0 Å². The largest absolute Gasteiger partial charge is 0.490 e. The molecule has 1 aromatic carbocycles. The Kier molecular flexibility index (Phi) is 3.68. The van der Waals surface area contributed by atoms with E-state index >= 15 is 0 Å². The van der Waals surface area contributed by atoms with Gasteiger partial charge in [0.25, 0.3) is 0 Å². The zero-order valence-electron chi connectivity index (χ0n) is 8.78. The smallest absolute Gasteiger partial charge is 0.168 e. The molecule has 2 rings (SSSR count). The van der Waals surface area contributed by atoms with Gasteiger partial charge < -0.3 is 20.3 Å². The van der Waals surface area contributed by atoms with Gasteiger partial charge in [0.2, 0.25) is 0 Å². The van der Waals surface area contributed by atoms with Crippen molar-refractivity contribution in [2.45, 2.75) is 12.5 Å². The first kappa shape index (κ1) is 11.7. The topological polar surface area (TPSA) is 64.7 Å². The van der Waals surface area contributed by atoms with Crippen molar-refractivity contribution in [3.05, 3.63) is 22.2 Å². The van der Waals surface area contributed by atoms with E-state index < -0.39 is 6.10 Å². The molecule has 0 aliphatic carbocycles. The van der Waals surface area contributed by atoms with Crippen LogP contribution in [0, 0.1) is 0 Å². The van der Waals surface area contributed by atoms with Crippen molar-refractivity contribution in [1.29, 1.82) is 0 Å². The molecule has 0 aromatic heterocycles. The summed E-state index contributed by atoms with van der Waals surface area (Å²) in [6.45, 7) is 1.37. The lowest BCUT2D eigenvalue weighted by Gasteiger charge is -2.17. The van der Waals surface area contributed by atoms with Crippen LogP contribution in [0.1, 0.15) is 18.1 Å². The van der Waals surface area contributed by atoms with E-state index in [1.54, 1.807) is 0 Å². The number of hydrogen-bond donors (Lipinski definition) is 2. The molecule has 1 aliphatic heterocycles. The summed E-state index contributed by atoms with van der Waals surface area (Å²) in [6.07, 6.45) is 0.0933. The zero-order valence-corrected chi connectivity index (χ0v) is 10.4. The highest BCUT2D eigenvalue weighted by atomic mass is 79.9. The van der Waals surface area contributed by atoms with Gasteiger partial charge in [0.1, 0.15) is 0 Å². The first-order valence-corrected chi connectivity index (χ1v) is 5.99. The maximum atomic E-state index is 9.87. The second kappa shape index (κ2) is 5.03. The lowest BCUT2D eigenvalue weighted by Crippen LogP contribution is -2.13. The van der Waals surface area contributed by atoms with Crippen LogP contribution in [0.2, 0.25) is 0 Å². The number of hydrogen-bond acceptors (Lipinski definition) is 4. The molecular weight excluding hydrogens is 274 g/mol. The molecule has 0 fully saturated rings. The fourth-order valence-electron chi connectivity index (χ4n) is 1.66. The van der Waals surface area contributed by atoms with Crippen molar-refractivity contribution in [2.75, 3.05) is 19.8 Å². The first-order chi connectivity index (χ1) is 7.74. The van der Waals surface area contributed by atoms with E-state index in [1.165, 1.54) is 0 Å². The van der Waals surface area contributed by atoms with Gasteiger partial charge in [-0.05, 0) is 12.1 Å². The number of fused-ring (bicyclic) bond motifs is 1. The van der Waals surface area contributed by atoms with E-state index in [0.29, 0.717) is 30.3 Å². The van der Waals surface area contributed by atoms with Crippen LogP contribution in [0.5, 0.6) is 11.5 Å². The van der Waals surface area contributed by atoms with E-state index in [2.05, 4.69) is 15.9 Å². The molecule has 1 aromatic rings. The van der Waals surface area contributed by atoms with E-state index in [-0.39, 0.29) is 6.54 Å². The number of aliphatic hydroxyl groups excluding tert-OH is 1. The molecule has 1 atom stereocenters. The Bertz CT molecular complexity index is 384. The number of nitrogens with two attached hydrogens (primary N) is 1. The van der Waals surface area contributed by atoms with Crippen LogP contribution >= 0.6 is 15.9 Å². The Morgan fingerprint density at radius 2 is 2.12 bits per heavy atom. The molecule has 0 saturated heterocycles. The third kappa shape index (κ3) is 2.16. The van der Waals surface area contributed by atoms with Gasteiger partial charge >= 0.3 is 0 Å². The number of aliphatic hydroxyl groups is 1. The highest BCUT2D eigenvalue weighted by molar-refractivity contribution is 9.10. The fraction of sp³-hybridized carbons (Fsp3) is 0.455. The van der Waals surface area contributed by atoms with Crippen molar-refractivity contribution in [2.24, 2.45) is 5.73 Å². The molecule has 16 heavy (non-hydrogen) atoms. The van der Waals surface area contributed by atoms with E-state index in [4.69, 9.17) is 15.2 Å². The van der Waals surface area contributed by atoms with Gasteiger partial charge in [-0.15, -0.1) is 0 Å². The average molecular weight is 288 g/mol. The van der Waals surface area contributed by atoms with Crippen LogP contribution in [0.15, 0.2) is 16.6 Å². The summed E-state index contributed by atoms with van der Waals surface area (Å²) in [5.41, 5.74) is 6.15. The first-order valence-electron chi connectivity index (χ1n) is 5.20. The van der Waals surface area contributed by atoms with Gasteiger partial charge in [-0.25, -0.2) is 0 Å². The lowest BCUT2D eigenvalue weighted by atomic mass is 10.1. The molecule has 0 saturated carbocycles. The zero-order chi connectivity index (χ0) is 11.5. The molecule has 0 radical (unpaired) electrons. The van der Waals surface area contributed by atoms with Crippen LogP contribution in [-0.2, 0) is 0 Å². The maximum absolute atomic E-state index is 9.87. The number of ether oxygens (including phenoxy) is 2. The summed E-state index contributed by atoms with van der Waals surface area (Å²) in [6, 6.07) is 3.67. The normalized spacial score (nSPS) is 16.7. The summed E-state index contributed by atoms with van der Waals surface area (Å²) < 4.78 is 11.9. The van der Waals surface area contributed by atoms with Crippen molar-refractivity contribution < 1.29 is 14.6 Å². The monoisotopic (exact) mass is 287 g/mol. The van der Waals surface area contributed by atoms with Crippen molar-refractivity contribution in [1.82, 2.24) is 0 Å². The van der Waals surface area contributed by atoms with Gasteiger partial charge in [0, 0.05) is 23.0 Å². The Balaban J connectivity index is 2.48. The quantitative estimate of drug-likeness (QED) is 0.867. The molecule has 1 aliphatic rings. The van der Waals surface area contributed by atoms with Crippen LogP contribution in [0.25, 0.3) is 0 Å². The third-order valence-corrected chi connectivity index (χ3v) is 3.15. The predicted octanol–water partition coefficient (Wildman–Crippen LogP) is 1.60. The van der Waals surface area contributed by atoms with Gasteiger partial charge in [0.15, 0.2) is 11.5 Å². The standard InChI is InChI=1S/C11H14BrNO3/c12-7-2-3-9-11(10(7)8(14)6-13)16-5-1-4-15-9/h2-3,8,14H,1,4-6,13H2. The SMILES string of the molecule is NCC(O)c1c(Br)ccc2c1OCCCO2. The molecule has 0 spiro atoms. The molecule has 4 nitrogen and oxygen atoms in total. The number of rotatable bonds is 2. The predicted molar refractivity (Wildman–Crippen MR) is 63.8 cm³/mol. The minimum absolute atomic E-state index is 0.151. The summed E-state index contributed by atoms with van der Waals surface area (Å²) >= 11 is 3.39. The minimum atomic E-state index is -0.744. The summed E-state index contributed by atoms with van der Waals surface area (Å²) in [5, 5.41) is 9.87. The Labute approximate surface area is 102 Å². The number of halogens is 1. The molecule has 3 N–H and O–H groups in total. The molecule has 88 valence electrons. The minimum Gasteiger partial charge on any atom is -0.490 e. The van der Waals surface area contributed by atoms with Crippen molar-refractivity contribution >= 4 is 15.9 Å². The fourth-order valence-corrected chi connectivity index (χ4v) is 2.24. The van der Waals surface area contributed by atoms with E-state index in [0.717, 1.165) is 10.9 Å². The van der Waals surface area contributed by atoms with Crippen molar-refractivity contribution in [3.63, 3.8) is 0 Å². The average Bonchev–Trinajstić information content (AvgIpc) is 2.53. The molecule has 0 amide bonds. The number of benzene rings is 1. The molecule has 1 heterocycles.